The first-order valence-corrected chi connectivity index (χ1v) is 12.1. The number of carbonyl (C=O) groups excluding carboxylic acids is 2. The van der Waals surface area contributed by atoms with Crippen molar-refractivity contribution in [3.8, 4) is 11.5 Å². The van der Waals surface area contributed by atoms with Crippen molar-refractivity contribution in [1.82, 2.24) is 10.9 Å². The number of amides is 1. The second-order valence-electron chi connectivity index (χ2n) is 8.84. The lowest BCUT2D eigenvalue weighted by atomic mass is 9.83. The predicted molar refractivity (Wildman–Crippen MR) is 135 cm³/mol. The zero-order valence-corrected chi connectivity index (χ0v) is 20.2. The fourth-order valence-corrected chi connectivity index (χ4v) is 5.16. The minimum Gasteiger partial charge on any atom is -0.508 e. The molecule has 5 rings (SSSR count). The van der Waals surface area contributed by atoms with Crippen LogP contribution in [0.15, 0.2) is 72.8 Å². The summed E-state index contributed by atoms with van der Waals surface area (Å²) < 4.78 is 10.7. The Balaban J connectivity index is 1.53. The number of esters is 1. The van der Waals surface area contributed by atoms with Gasteiger partial charge < -0.3 is 19.5 Å². The van der Waals surface area contributed by atoms with Crippen LogP contribution >= 0.6 is 0 Å². The molecule has 3 aromatic rings. The van der Waals surface area contributed by atoms with Gasteiger partial charge in [0.05, 0.1) is 30.9 Å². The molecule has 8 nitrogen and oxygen atoms in total. The number of hydrogen-bond donors (Lipinski definition) is 3. The van der Waals surface area contributed by atoms with Crippen molar-refractivity contribution in [2.24, 2.45) is 5.92 Å². The van der Waals surface area contributed by atoms with Crippen molar-refractivity contribution < 1.29 is 24.2 Å². The molecule has 4 atom stereocenters. The third-order valence-electron chi connectivity index (χ3n) is 6.75. The molecule has 0 bridgehead atoms. The van der Waals surface area contributed by atoms with Gasteiger partial charge in [-0.05, 0) is 73.5 Å². The highest BCUT2D eigenvalue weighted by atomic mass is 16.5. The second-order valence-corrected chi connectivity index (χ2v) is 8.84. The first-order chi connectivity index (χ1) is 17.5. The molecule has 3 aromatic carbocycles. The van der Waals surface area contributed by atoms with Crippen LogP contribution in [0.1, 0.15) is 47.4 Å². The first-order valence-electron chi connectivity index (χ1n) is 12.1. The average Bonchev–Trinajstić information content (AvgIpc) is 3.44. The van der Waals surface area contributed by atoms with Gasteiger partial charge in [-0.3, -0.25) is 4.79 Å². The summed E-state index contributed by atoms with van der Waals surface area (Å²) in [6.07, 6.45) is 0. The van der Waals surface area contributed by atoms with Gasteiger partial charge in [0, 0.05) is 11.6 Å². The van der Waals surface area contributed by atoms with Gasteiger partial charge >= 0.3 is 5.97 Å². The smallest absolute Gasteiger partial charge is 0.338 e. The van der Waals surface area contributed by atoms with E-state index in [9.17, 15) is 14.7 Å². The summed E-state index contributed by atoms with van der Waals surface area (Å²) in [5.41, 5.74) is 9.61. The molecule has 2 fully saturated rings. The van der Waals surface area contributed by atoms with E-state index in [1.165, 1.54) is 0 Å². The molecule has 0 aliphatic carbocycles. The Labute approximate surface area is 209 Å². The fraction of sp³-hybridized carbons (Fsp3) is 0.286. The summed E-state index contributed by atoms with van der Waals surface area (Å²) in [4.78, 5) is 27.7. The minimum absolute atomic E-state index is 0.0668. The Morgan fingerprint density at radius 2 is 1.50 bits per heavy atom. The molecule has 2 heterocycles. The van der Waals surface area contributed by atoms with Crippen molar-refractivity contribution in [2.45, 2.75) is 32.0 Å². The van der Waals surface area contributed by atoms with Gasteiger partial charge in [0.2, 0.25) is 5.91 Å². The van der Waals surface area contributed by atoms with E-state index in [1.807, 2.05) is 43.3 Å². The van der Waals surface area contributed by atoms with Crippen molar-refractivity contribution in [1.29, 1.82) is 0 Å². The lowest BCUT2D eigenvalue weighted by Crippen LogP contribution is -2.41. The minimum atomic E-state index is -0.454. The van der Waals surface area contributed by atoms with Crippen LogP contribution in [-0.4, -0.2) is 36.2 Å². The lowest BCUT2D eigenvalue weighted by Gasteiger charge is -2.31. The maximum atomic E-state index is 13.7. The molecule has 2 aliphatic rings. The quantitative estimate of drug-likeness (QED) is 0.435. The van der Waals surface area contributed by atoms with Crippen LogP contribution in [0.4, 0.5) is 5.69 Å². The Morgan fingerprint density at radius 3 is 2.14 bits per heavy atom. The molecule has 2 saturated heterocycles. The number of ether oxygens (including phenoxy) is 2. The predicted octanol–water partition coefficient (Wildman–Crippen LogP) is 3.89. The molecule has 0 saturated carbocycles. The number of aromatic hydroxyl groups is 1. The third-order valence-corrected chi connectivity index (χ3v) is 6.75. The molecule has 4 unspecified atom stereocenters. The summed E-state index contributed by atoms with van der Waals surface area (Å²) in [7, 11) is 0. The number of phenolic OH excluding ortho intramolecular Hbond substituents is 1. The lowest BCUT2D eigenvalue weighted by molar-refractivity contribution is -0.119. The largest absolute Gasteiger partial charge is 0.508 e. The molecule has 0 radical (unpaired) electrons. The fourth-order valence-electron chi connectivity index (χ4n) is 5.16. The van der Waals surface area contributed by atoms with Crippen LogP contribution in [0.2, 0.25) is 0 Å². The van der Waals surface area contributed by atoms with E-state index in [2.05, 4.69) is 10.9 Å². The van der Waals surface area contributed by atoms with E-state index < -0.39 is 12.0 Å². The Hall–Kier alpha value is -3.88. The van der Waals surface area contributed by atoms with E-state index in [1.54, 1.807) is 48.2 Å². The highest BCUT2D eigenvalue weighted by molar-refractivity contribution is 6.02. The van der Waals surface area contributed by atoms with Gasteiger partial charge in [-0.15, -0.1) is 0 Å². The molecule has 0 spiro atoms. The van der Waals surface area contributed by atoms with Crippen molar-refractivity contribution in [3.05, 3.63) is 89.5 Å². The van der Waals surface area contributed by atoms with Gasteiger partial charge in [0.1, 0.15) is 17.5 Å². The van der Waals surface area contributed by atoms with Crippen LogP contribution in [-0.2, 0) is 9.53 Å². The number of rotatable bonds is 7. The SMILES string of the molecule is CCOC(=O)c1ccc(N2C(=O)C3NNC(c4ccc(OCC)cc4)C3C2c2ccc(O)cc2)cc1. The van der Waals surface area contributed by atoms with Crippen molar-refractivity contribution >= 4 is 17.6 Å². The summed E-state index contributed by atoms with van der Waals surface area (Å²) in [6.45, 7) is 4.59. The van der Waals surface area contributed by atoms with Crippen LogP contribution in [0.3, 0.4) is 0 Å². The number of hydrogen-bond acceptors (Lipinski definition) is 7. The van der Waals surface area contributed by atoms with Crippen LogP contribution in [0.5, 0.6) is 11.5 Å². The summed E-state index contributed by atoms with van der Waals surface area (Å²) in [6, 6.07) is 20.9. The van der Waals surface area contributed by atoms with E-state index >= 15 is 0 Å². The summed E-state index contributed by atoms with van der Waals surface area (Å²) in [5, 5.41) is 9.89. The zero-order chi connectivity index (χ0) is 25.2. The monoisotopic (exact) mass is 487 g/mol. The summed E-state index contributed by atoms with van der Waals surface area (Å²) >= 11 is 0. The second kappa shape index (κ2) is 10.0. The van der Waals surface area contributed by atoms with Gasteiger partial charge in [-0.25, -0.2) is 15.6 Å². The maximum absolute atomic E-state index is 13.7. The van der Waals surface area contributed by atoms with E-state index in [4.69, 9.17) is 9.47 Å². The van der Waals surface area contributed by atoms with Gasteiger partial charge in [0.15, 0.2) is 0 Å². The summed E-state index contributed by atoms with van der Waals surface area (Å²) in [5.74, 6) is 0.359. The highest BCUT2D eigenvalue weighted by Gasteiger charge is 2.56. The Morgan fingerprint density at radius 1 is 0.861 bits per heavy atom. The normalized spacial score (nSPS) is 22.9. The number of nitrogens with one attached hydrogen (secondary N) is 2. The molecule has 186 valence electrons. The Kier molecular flexibility index (Phi) is 6.63. The van der Waals surface area contributed by atoms with Gasteiger partial charge in [0.25, 0.3) is 0 Å². The van der Waals surface area contributed by atoms with E-state index in [0.717, 1.165) is 16.9 Å². The molecule has 2 aliphatic heterocycles. The number of fused-ring (bicyclic) bond motifs is 1. The number of nitrogens with zero attached hydrogens (tertiary/aromatic N) is 1. The average molecular weight is 488 g/mol. The topological polar surface area (TPSA) is 100 Å². The van der Waals surface area contributed by atoms with Crippen molar-refractivity contribution in [3.63, 3.8) is 0 Å². The van der Waals surface area contributed by atoms with E-state index in [-0.39, 0.29) is 29.7 Å². The standard InChI is InChI=1S/C28H29N3O5/c1-3-35-22-15-9-17(10-16-22)24-23-25(30-29-24)27(33)31(26(23)18-7-13-21(32)14-8-18)20-11-5-19(6-12-20)28(34)36-4-2/h5-16,23-26,29-30,32H,3-4H2,1-2H3. The van der Waals surface area contributed by atoms with Crippen LogP contribution < -0.4 is 20.5 Å². The van der Waals surface area contributed by atoms with E-state index in [0.29, 0.717) is 24.5 Å². The molecular weight excluding hydrogens is 458 g/mol. The first kappa shape index (κ1) is 23.8. The maximum Gasteiger partial charge on any atom is 0.338 e. The number of anilines is 1. The Bertz CT molecular complexity index is 1230. The van der Waals surface area contributed by atoms with Gasteiger partial charge in [-0.1, -0.05) is 24.3 Å². The molecular formula is C28H29N3O5. The highest BCUT2D eigenvalue weighted by Crippen LogP contribution is 2.49. The molecule has 36 heavy (non-hydrogen) atoms. The van der Waals surface area contributed by atoms with Gasteiger partial charge in [-0.2, -0.15) is 0 Å². The zero-order valence-electron chi connectivity index (χ0n) is 20.2. The number of phenols is 1. The number of benzene rings is 3. The number of hydrazine groups is 1. The molecule has 1 amide bonds. The third kappa shape index (κ3) is 4.29. The number of carbonyl (C=O) groups is 2. The van der Waals surface area contributed by atoms with Crippen molar-refractivity contribution in [2.75, 3.05) is 18.1 Å². The van der Waals surface area contributed by atoms with Crippen LogP contribution in [0, 0.1) is 5.92 Å². The molecule has 8 heteroatoms. The van der Waals surface area contributed by atoms with Crippen LogP contribution in [0.25, 0.3) is 0 Å². The molecule has 3 N–H and O–H groups in total. The molecule has 0 aromatic heterocycles.